The molecule has 0 saturated heterocycles. The van der Waals surface area contributed by atoms with Crippen molar-refractivity contribution in [1.82, 2.24) is 8.97 Å². The highest BCUT2D eigenvalue weighted by Gasteiger charge is 2.10. The molecule has 0 spiro atoms. The first-order valence-corrected chi connectivity index (χ1v) is 8.13. The molecular formula is C15H10Br2F2N2O2. The van der Waals surface area contributed by atoms with Crippen LogP contribution < -0.4 is 10.3 Å². The lowest BCUT2D eigenvalue weighted by atomic mass is 10.2. The van der Waals surface area contributed by atoms with Crippen LogP contribution in [-0.2, 0) is 6.54 Å². The summed E-state index contributed by atoms with van der Waals surface area (Å²) in [7, 11) is 0. The minimum Gasteiger partial charge on any atom is -0.435 e. The zero-order chi connectivity index (χ0) is 16.6. The van der Waals surface area contributed by atoms with E-state index in [0.717, 1.165) is 14.6 Å². The molecule has 2 aromatic heterocycles. The van der Waals surface area contributed by atoms with Gasteiger partial charge in [0.2, 0.25) is 0 Å². The van der Waals surface area contributed by atoms with Gasteiger partial charge in [0.1, 0.15) is 15.9 Å². The number of ether oxygens (including phenoxy) is 1. The fraction of sp³-hybridized carbons (Fsp3) is 0.133. The number of fused-ring (bicyclic) bond motifs is 1. The van der Waals surface area contributed by atoms with Crippen LogP contribution in [0.15, 0.2) is 56.6 Å². The number of hydrogen-bond acceptors (Lipinski definition) is 2. The lowest BCUT2D eigenvalue weighted by Crippen LogP contribution is -2.21. The molecule has 0 aliphatic carbocycles. The quantitative estimate of drug-likeness (QED) is 0.598. The lowest BCUT2D eigenvalue weighted by Gasteiger charge is -2.08. The number of benzene rings is 1. The molecule has 2 heterocycles. The van der Waals surface area contributed by atoms with E-state index in [0.29, 0.717) is 12.1 Å². The van der Waals surface area contributed by atoms with Gasteiger partial charge in [-0.15, -0.1) is 0 Å². The molecule has 0 N–H and O–H groups in total. The van der Waals surface area contributed by atoms with Crippen LogP contribution in [0, 0.1) is 0 Å². The van der Waals surface area contributed by atoms with Crippen LogP contribution in [0.2, 0.25) is 0 Å². The lowest BCUT2D eigenvalue weighted by molar-refractivity contribution is -0.0498. The number of halogens is 4. The van der Waals surface area contributed by atoms with E-state index in [1.165, 1.54) is 12.1 Å². The van der Waals surface area contributed by atoms with Crippen LogP contribution in [0.1, 0.15) is 5.56 Å². The minimum absolute atomic E-state index is 0.0889. The Labute approximate surface area is 146 Å². The van der Waals surface area contributed by atoms with E-state index >= 15 is 0 Å². The predicted octanol–water partition coefficient (Wildman–Crippen LogP) is 4.28. The summed E-state index contributed by atoms with van der Waals surface area (Å²) in [5.74, 6) is 0.0889. The third-order valence-electron chi connectivity index (χ3n) is 3.31. The van der Waals surface area contributed by atoms with Crippen LogP contribution in [-0.4, -0.2) is 15.6 Å². The van der Waals surface area contributed by atoms with Gasteiger partial charge < -0.3 is 13.7 Å². The summed E-state index contributed by atoms with van der Waals surface area (Å²) in [4.78, 5) is 12.5. The number of rotatable bonds is 4. The normalized spacial score (nSPS) is 11.3. The van der Waals surface area contributed by atoms with Gasteiger partial charge in [0.15, 0.2) is 0 Å². The first kappa shape index (κ1) is 16.2. The van der Waals surface area contributed by atoms with E-state index in [2.05, 4.69) is 36.6 Å². The Bertz CT molecular complexity index is 904. The van der Waals surface area contributed by atoms with Gasteiger partial charge in [-0.25, -0.2) is 0 Å². The number of nitrogens with zero attached hydrogens (tertiary/aromatic N) is 2. The molecule has 0 bridgehead atoms. The van der Waals surface area contributed by atoms with Crippen molar-refractivity contribution in [2.45, 2.75) is 13.2 Å². The Hall–Kier alpha value is -1.67. The third kappa shape index (κ3) is 3.32. The summed E-state index contributed by atoms with van der Waals surface area (Å²) in [6.45, 7) is -2.51. The summed E-state index contributed by atoms with van der Waals surface area (Å²) < 4.78 is 33.4. The van der Waals surface area contributed by atoms with Gasteiger partial charge in [-0.2, -0.15) is 8.78 Å². The molecular weight excluding hydrogens is 438 g/mol. The van der Waals surface area contributed by atoms with E-state index in [1.807, 2.05) is 0 Å². The summed E-state index contributed by atoms with van der Waals surface area (Å²) in [6, 6.07) is 7.95. The molecule has 4 nitrogen and oxygen atoms in total. The summed E-state index contributed by atoms with van der Waals surface area (Å²) in [6.07, 6.45) is 3.45. The number of alkyl halides is 2. The van der Waals surface area contributed by atoms with E-state index in [-0.39, 0.29) is 11.3 Å². The standard InChI is InChI=1S/C15H10Br2F2N2O2/c16-11-7-12-14(22)20(5-6-21(12)13(11)17)8-9-1-3-10(4-2-9)23-15(18)19/h1-7,15H,8H2. The molecule has 0 aliphatic heterocycles. The Balaban J connectivity index is 1.89. The third-order valence-corrected chi connectivity index (χ3v) is 5.25. The molecule has 0 unspecified atom stereocenters. The molecule has 0 amide bonds. The highest BCUT2D eigenvalue weighted by Crippen LogP contribution is 2.25. The highest BCUT2D eigenvalue weighted by atomic mass is 79.9. The SMILES string of the molecule is O=c1c2cc(Br)c(Br)n2ccn1Cc1ccc(OC(F)F)cc1. The topological polar surface area (TPSA) is 35.6 Å². The van der Waals surface area contributed by atoms with Gasteiger partial charge in [0, 0.05) is 12.4 Å². The van der Waals surface area contributed by atoms with E-state index in [4.69, 9.17) is 0 Å². The van der Waals surface area contributed by atoms with Gasteiger partial charge in [0.25, 0.3) is 5.56 Å². The van der Waals surface area contributed by atoms with Crippen molar-refractivity contribution in [2.24, 2.45) is 0 Å². The van der Waals surface area contributed by atoms with Crippen LogP contribution in [0.3, 0.4) is 0 Å². The second-order valence-electron chi connectivity index (χ2n) is 4.79. The monoisotopic (exact) mass is 446 g/mol. The Morgan fingerprint density at radius 2 is 1.83 bits per heavy atom. The van der Waals surface area contributed by atoms with Crippen molar-refractivity contribution in [2.75, 3.05) is 0 Å². The maximum atomic E-state index is 12.5. The molecule has 0 saturated carbocycles. The molecule has 3 rings (SSSR count). The Morgan fingerprint density at radius 3 is 2.48 bits per heavy atom. The Kier molecular flexibility index (Phi) is 4.54. The Morgan fingerprint density at radius 1 is 1.13 bits per heavy atom. The molecule has 0 aliphatic rings. The molecule has 120 valence electrons. The van der Waals surface area contributed by atoms with Crippen molar-refractivity contribution in [3.8, 4) is 5.75 Å². The van der Waals surface area contributed by atoms with Crippen LogP contribution >= 0.6 is 31.9 Å². The van der Waals surface area contributed by atoms with Crippen LogP contribution in [0.5, 0.6) is 5.75 Å². The maximum absolute atomic E-state index is 12.5. The average molecular weight is 448 g/mol. The summed E-state index contributed by atoms with van der Waals surface area (Å²) in [5, 5.41) is 0. The van der Waals surface area contributed by atoms with Crippen LogP contribution in [0.4, 0.5) is 8.78 Å². The molecule has 23 heavy (non-hydrogen) atoms. The highest BCUT2D eigenvalue weighted by molar-refractivity contribution is 9.13. The molecule has 8 heteroatoms. The number of aromatic nitrogens is 2. The maximum Gasteiger partial charge on any atom is 0.387 e. The summed E-state index contributed by atoms with van der Waals surface area (Å²) in [5.41, 5.74) is 1.19. The van der Waals surface area contributed by atoms with Crippen molar-refractivity contribution >= 4 is 37.4 Å². The van der Waals surface area contributed by atoms with Crippen molar-refractivity contribution in [3.05, 3.63) is 67.7 Å². The molecule has 0 fully saturated rings. The van der Waals surface area contributed by atoms with Gasteiger partial charge in [-0.1, -0.05) is 12.1 Å². The van der Waals surface area contributed by atoms with Gasteiger partial charge >= 0.3 is 6.61 Å². The fourth-order valence-corrected chi connectivity index (χ4v) is 3.07. The zero-order valence-corrected chi connectivity index (χ0v) is 14.7. The first-order valence-electron chi connectivity index (χ1n) is 6.55. The molecule has 1 aromatic carbocycles. The van der Waals surface area contributed by atoms with E-state index < -0.39 is 6.61 Å². The van der Waals surface area contributed by atoms with Crippen LogP contribution in [0.25, 0.3) is 5.52 Å². The first-order chi connectivity index (χ1) is 11.0. The summed E-state index contributed by atoms with van der Waals surface area (Å²) >= 11 is 6.77. The second-order valence-corrected chi connectivity index (χ2v) is 6.40. The smallest absolute Gasteiger partial charge is 0.387 e. The van der Waals surface area contributed by atoms with Crippen molar-refractivity contribution < 1.29 is 13.5 Å². The fourth-order valence-electron chi connectivity index (χ4n) is 2.24. The van der Waals surface area contributed by atoms with E-state index in [9.17, 15) is 13.6 Å². The second kappa shape index (κ2) is 6.45. The number of hydrogen-bond donors (Lipinski definition) is 0. The molecule has 0 atom stereocenters. The zero-order valence-electron chi connectivity index (χ0n) is 11.5. The largest absolute Gasteiger partial charge is 0.435 e. The van der Waals surface area contributed by atoms with Gasteiger partial charge in [-0.05, 0) is 55.6 Å². The predicted molar refractivity (Wildman–Crippen MR) is 89.2 cm³/mol. The van der Waals surface area contributed by atoms with E-state index in [1.54, 1.807) is 39.6 Å². The van der Waals surface area contributed by atoms with Gasteiger partial charge in [0.05, 0.1) is 11.0 Å². The molecule has 0 radical (unpaired) electrons. The average Bonchev–Trinajstić information content (AvgIpc) is 2.80. The van der Waals surface area contributed by atoms with Gasteiger partial charge in [-0.3, -0.25) is 4.79 Å². The molecule has 3 aromatic rings. The van der Waals surface area contributed by atoms with Crippen molar-refractivity contribution in [1.29, 1.82) is 0 Å². The minimum atomic E-state index is -2.85. The van der Waals surface area contributed by atoms with Crippen molar-refractivity contribution in [3.63, 3.8) is 0 Å².